The van der Waals surface area contributed by atoms with Crippen molar-refractivity contribution in [1.82, 2.24) is 0 Å². The quantitative estimate of drug-likeness (QED) is 0.587. The molecule has 0 amide bonds. The number of fused-ring (bicyclic) bond motifs is 2. The molecule has 2 aliphatic rings. The summed E-state index contributed by atoms with van der Waals surface area (Å²) in [6.45, 7) is 6.65. The zero-order valence-electron chi connectivity index (χ0n) is 9.16. The summed E-state index contributed by atoms with van der Waals surface area (Å²) in [6.07, 6.45) is 3.58. The Labute approximate surface area is 85.1 Å². The first-order valence-corrected chi connectivity index (χ1v) is 5.16. The van der Waals surface area contributed by atoms with Crippen LogP contribution in [-0.2, 0) is 4.79 Å². The van der Waals surface area contributed by atoms with Crippen molar-refractivity contribution in [3.63, 3.8) is 0 Å². The van der Waals surface area contributed by atoms with Gasteiger partial charge in [0.2, 0.25) is 0 Å². The van der Waals surface area contributed by atoms with Crippen molar-refractivity contribution in [2.75, 3.05) is 0 Å². The van der Waals surface area contributed by atoms with Crippen LogP contribution >= 0.6 is 0 Å². The Morgan fingerprint density at radius 2 is 1.86 bits per heavy atom. The van der Waals surface area contributed by atoms with Crippen LogP contribution in [0.1, 0.15) is 40.0 Å². The maximum absolute atomic E-state index is 9.81. The van der Waals surface area contributed by atoms with E-state index >= 15 is 0 Å². The van der Waals surface area contributed by atoms with E-state index in [4.69, 9.17) is 9.90 Å². The first kappa shape index (κ1) is 11.5. The van der Waals surface area contributed by atoms with Gasteiger partial charge in [-0.15, -0.1) is 0 Å². The molecule has 0 unspecified atom stereocenters. The summed E-state index contributed by atoms with van der Waals surface area (Å²) in [5, 5.41) is 16.7. The maximum atomic E-state index is 9.81. The fourth-order valence-corrected chi connectivity index (χ4v) is 3.16. The van der Waals surface area contributed by atoms with Crippen molar-refractivity contribution in [1.29, 1.82) is 0 Å². The molecule has 2 aliphatic carbocycles. The third-order valence-corrected chi connectivity index (χ3v) is 4.75. The van der Waals surface area contributed by atoms with Crippen molar-refractivity contribution >= 4 is 6.47 Å². The van der Waals surface area contributed by atoms with Crippen LogP contribution in [-0.4, -0.2) is 22.8 Å². The van der Waals surface area contributed by atoms with Gasteiger partial charge in [-0.05, 0) is 36.0 Å². The lowest BCUT2D eigenvalue weighted by Crippen LogP contribution is -2.35. The zero-order chi connectivity index (χ0) is 11.0. The molecule has 0 saturated heterocycles. The number of aliphatic hydroxyl groups is 1. The highest BCUT2D eigenvalue weighted by Crippen LogP contribution is 2.65. The van der Waals surface area contributed by atoms with Gasteiger partial charge in [0.25, 0.3) is 6.47 Å². The van der Waals surface area contributed by atoms with Crippen LogP contribution in [0.4, 0.5) is 0 Å². The Morgan fingerprint density at radius 1 is 1.36 bits per heavy atom. The lowest BCUT2D eigenvalue weighted by atomic mass is 9.70. The van der Waals surface area contributed by atoms with E-state index in [1.807, 2.05) is 0 Å². The minimum Gasteiger partial charge on any atom is -0.483 e. The van der Waals surface area contributed by atoms with Gasteiger partial charge < -0.3 is 10.2 Å². The summed E-state index contributed by atoms with van der Waals surface area (Å²) in [7, 11) is 0. The van der Waals surface area contributed by atoms with Gasteiger partial charge in [-0.2, -0.15) is 0 Å². The van der Waals surface area contributed by atoms with E-state index < -0.39 is 0 Å². The van der Waals surface area contributed by atoms with Crippen LogP contribution in [0.5, 0.6) is 0 Å². The third-order valence-electron chi connectivity index (χ3n) is 4.75. The number of aliphatic hydroxyl groups excluding tert-OH is 1. The Balaban J connectivity index is 0.000000293. The van der Waals surface area contributed by atoms with Crippen molar-refractivity contribution in [3.05, 3.63) is 0 Å². The van der Waals surface area contributed by atoms with Crippen molar-refractivity contribution in [3.8, 4) is 0 Å². The van der Waals surface area contributed by atoms with E-state index in [1.165, 1.54) is 12.8 Å². The van der Waals surface area contributed by atoms with E-state index in [1.54, 1.807) is 0 Å². The highest BCUT2D eigenvalue weighted by atomic mass is 16.3. The molecule has 3 heteroatoms. The van der Waals surface area contributed by atoms with E-state index in [2.05, 4.69) is 20.8 Å². The monoisotopic (exact) mass is 200 g/mol. The predicted octanol–water partition coefficient (Wildman–Crippen LogP) is 1.89. The van der Waals surface area contributed by atoms with Gasteiger partial charge in [0, 0.05) is 0 Å². The summed E-state index contributed by atoms with van der Waals surface area (Å²) >= 11 is 0. The Kier molecular flexibility index (Phi) is 2.91. The molecule has 0 radical (unpaired) electrons. The SMILES string of the molecule is CC1(C)[C@H]2CC[C@]1(C)[C@H](O)C2.O=CO. The predicted molar refractivity (Wildman–Crippen MR) is 53.9 cm³/mol. The molecule has 3 atom stereocenters. The van der Waals surface area contributed by atoms with Crippen LogP contribution in [0, 0.1) is 16.7 Å². The molecule has 2 bridgehead atoms. The molecule has 0 spiro atoms. The minimum atomic E-state index is -0.250. The lowest BCUT2D eigenvalue weighted by Gasteiger charge is -2.36. The first-order chi connectivity index (χ1) is 6.40. The highest BCUT2D eigenvalue weighted by molar-refractivity contribution is 5.32. The first-order valence-electron chi connectivity index (χ1n) is 5.16. The average Bonchev–Trinajstić information content (AvgIpc) is 2.38. The van der Waals surface area contributed by atoms with E-state index in [9.17, 15) is 5.11 Å². The number of rotatable bonds is 0. The molecular weight excluding hydrogens is 180 g/mol. The second kappa shape index (κ2) is 3.54. The van der Waals surface area contributed by atoms with Crippen LogP contribution in [0.3, 0.4) is 0 Å². The zero-order valence-corrected chi connectivity index (χ0v) is 9.16. The van der Waals surface area contributed by atoms with Crippen LogP contribution in [0.25, 0.3) is 0 Å². The van der Waals surface area contributed by atoms with Gasteiger partial charge >= 0.3 is 0 Å². The van der Waals surface area contributed by atoms with Gasteiger partial charge in [-0.25, -0.2) is 0 Å². The Hall–Kier alpha value is -0.570. The summed E-state index contributed by atoms with van der Waals surface area (Å²) in [5.41, 5.74) is 0.601. The Morgan fingerprint density at radius 3 is 2.00 bits per heavy atom. The van der Waals surface area contributed by atoms with Gasteiger partial charge in [0.1, 0.15) is 0 Å². The normalized spacial score (nSPS) is 42.9. The van der Waals surface area contributed by atoms with Gasteiger partial charge in [-0.3, -0.25) is 4.79 Å². The number of carbonyl (C=O) groups is 1. The van der Waals surface area contributed by atoms with Crippen LogP contribution in [0.15, 0.2) is 0 Å². The molecule has 3 nitrogen and oxygen atoms in total. The molecule has 2 saturated carbocycles. The standard InChI is InChI=1S/C10H18O.CH2O2/c1-9(2)7-4-5-10(9,3)8(11)6-7;2-1-3/h7-8,11H,4-6H2,1-3H3;1H,(H,2,3)/t7-,8+,10+;/m0./s1. The summed E-state index contributed by atoms with van der Waals surface area (Å²) in [6, 6.07) is 0. The second-order valence-electron chi connectivity index (χ2n) is 5.23. The fraction of sp³-hybridized carbons (Fsp3) is 0.909. The molecule has 14 heavy (non-hydrogen) atoms. The van der Waals surface area contributed by atoms with E-state index in [0.717, 1.165) is 12.3 Å². The smallest absolute Gasteiger partial charge is 0.290 e. The molecule has 0 aromatic heterocycles. The van der Waals surface area contributed by atoms with Crippen LogP contribution < -0.4 is 0 Å². The van der Waals surface area contributed by atoms with Gasteiger partial charge in [-0.1, -0.05) is 20.8 Å². The van der Waals surface area contributed by atoms with E-state index in [0.29, 0.717) is 5.41 Å². The molecule has 2 rings (SSSR count). The van der Waals surface area contributed by atoms with Crippen LogP contribution in [0.2, 0.25) is 0 Å². The molecule has 0 aliphatic heterocycles. The fourth-order valence-electron chi connectivity index (χ4n) is 3.16. The summed E-state index contributed by atoms with van der Waals surface area (Å²) in [4.78, 5) is 8.36. The minimum absolute atomic E-state index is 0.0313. The topological polar surface area (TPSA) is 57.5 Å². The molecule has 0 aromatic rings. The molecule has 2 fully saturated rings. The van der Waals surface area contributed by atoms with Gasteiger partial charge in [0.15, 0.2) is 0 Å². The Bertz CT molecular complexity index is 225. The summed E-state index contributed by atoms with van der Waals surface area (Å²) < 4.78 is 0. The van der Waals surface area contributed by atoms with Crippen molar-refractivity contribution in [2.45, 2.75) is 46.1 Å². The number of hydrogen-bond acceptors (Lipinski definition) is 2. The molecule has 0 heterocycles. The maximum Gasteiger partial charge on any atom is 0.290 e. The number of carboxylic acid groups (broad SMARTS) is 1. The average molecular weight is 200 g/mol. The van der Waals surface area contributed by atoms with Crippen molar-refractivity contribution in [2.24, 2.45) is 16.7 Å². The highest BCUT2D eigenvalue weighted by Gasteiger charge is 2.60. The van der Waals surface area contributed by atoms with E-state index in [-0.39, 0.29) is 18.0 Å². The van der Waals surface area contributed by atoms with Crippen molar-refractivity contribution < 1.29 is 15.0 Å². The van der Waals surface area contributed by atoms with Gasteiger partial charge in [0.05, 0.1) is 6.10 Å². The molecular formula is C11H20O3. The number of hydrogen-bond donors (Lipinski definition) is 2. The molecule has 2 N–H and O–H groups in total. The lowest BCUT2D eigenvalue weighted by molar-refractivity contribution is -0.122. The second-order valence-corrected chi connectivity index (χ2v) is 5.23. The molecule has 82 valence electrons. The summed E-state index contributed by atoms with van der Waals surface area (Å²) in [5.74, 6) is 0.780. The largest absolute Gasteiger partial charge is 0.483 e. The molecule has 0 aromatic carbocycles. The third kappa shape index (κ3) is 1.34.